The minimum Gasteiger partial charge on any atom is -0.314 e. The van der Waals surface area contributed by atoms with E-state index in [4.69, 9.17) is 0 Å². The molecule has 0 aromatic rings. The Morgan fingerprint density at radius 2 is 2.20 bits per heavy atom. The molecule has 3 heteroatoms. The van der Waals surface area contributed by atoms with Crippen molar-refractivity contribution in [2.45, 2.75) is 12.6 Å². The summed E-state index contributed by atoms with van der Waals surface area (Å²) in [7, 11) is 0. The van der Waals surface area contributed by atoms with Crippen LogP contribution in [0, 0.1) is 0 Å². The summed E-state index contributed by atoms with van der Waals surface area (Å²) in [5.41, 5.74) is 0. The molecule has 0 aliphatic carbocycles. The van der Waals surface area contributed by atoms with Gasteiger partial charge in [0.25, 0.3) is 0 Å². The Kier molecular flexibility index (Phi) is 1.88. The van der Waals surface area contributed by atoms with Crippen LogP contribution in [0.4, 0.5) is 0 Å². The third-order valence-electron chi connectivity index (χ3n) is 2.36. The van der Waals surface area contributed by atoms with E-state index in [0.717, 1.165) is 6.54 Å². The van der Waals surface area contributed by atoms with E-state index in [0.29, 0.717) is 6.17 Å². The molecule has 1 atom stereocenters. The highest BCUT2D eigenvalue weighted by Crippen LogP contribution is 2.05. The summed E-state index contributed by atoms with van der Waals surface area (Å²) in [4.78, 5) is 2.53. The highest BCUT2D eigenvalue weighted by atomic mass is 15.3. The summed E-state index contributed by atoms with van der Waals surface area (Å²) >= 11 is 0. The van der Waals surface area contributed by atoms with Gasteiger partial charge in [0.15, 0.2) is 0 Å². The minimum absolute atomic E-state index is 0.627. The number of nitrogens with one attached hydrogen (secondary N) is 2. The van der Waals surface area contributed by atoms with Gasteiger partial charge in [0.2, 0.25) is 0 Å². The monoisotopic (exact) mass is 141 g/mol. The van der Waals surface area contributed by atoms with Crippen molar-refractivity contribution in [1.29, 1.82) is 0 Å². The SMILES string of the molecule is C1CNCC2NCCN2C1. The van der Waals surface area contributed by atoms with Crippen LogP contribution in [0.15, 0.2) is 0 Å². The zero-order valence-corrected chi connectivity index (χ0v) is 6.27. The quantitative estimate of drug-likeness (QED) is 0.463. The highest BCUT2D eigenvalue weighted by Gasteiger charge is 2.24. The molecule has 58 valence electrons. The van der Waals surface area contributed by atoms with Crippen molar-refractivity contribution in [2.75, 3.05) is 32.7 Å². The summed E-state index contributed by atoms with van der Waals surface area (Å²) in [6, 6.07) is 0. The van der Waals surface area contributed by atoms with Gasteiger partial charge in [-0.3, -0.25) is 10.2 Å². The molecule has 2 rings (SSSR count). The average molecular weight is 141 g/mol. The maximum Gasteiger partial charge on any atom is 0.0726 e. The van der Waals surface area contributed by atoms with Crippen LogP contribution in [0.3, 0.4) is 0 Å². The van der Waals surface area contributed by atoms with Crippen LogP contribution in [-0.2, 0) is 0 Å². The van der Waals surface area contributed by atoms with Crippen molar-refractivity contribution in [3.05, 3.63) is 0 Å². The van der Waals surface area contributed by atoms with Gasteiger partial charge in [-0.05, 0) is 13.0 Å². The lowest BCUT2D eigenvalue weighted by atomic mass is 10.4. The van der Waals surface area contributed by atoms with Crippen molar-refractivity contribution in [3.63, 3.8) is 0 Å². The fourth-order valence-corrected chi connectivity index (χ4v) is 1.77. The van der Waals surface area contributed by atoms with Gasteiger partial charge >= 0.3 is 0 Å². The van der Waals surface area contributed by atoms with Crippen molar-refractivity contribution < 1.29 is 0 Å². The lowest BCUT2D eigenvalue weighted by Gasteiger charge is -2.19. The topological polar surface area (TPSA) is 27.3 Å². The van der Waals surface area contributed by atoms with E-state index < -0.39 is 0 Å². The van der Waals surface area contributed by atoms with Crippen molar-refractivity contribution >= 4 is 0 Å². The van der Waals surface area contributed by atoms with E-state index in [2.05, 4.69) is 15.5 Å². The van der Waals surface area contributed by atoms with E-state index in [1.54, 1.807) is 0 Å². The molecule has 0 saturated carbocycles. The van der Waals surface area contributed by atoms with Crippen molar-refractivity contribution in [2.24, 2.45) is 0 Å². The van der Waals surface area contributed by atoms with Crippen LogP contribution in [0.25, 0.3) is 0 Å². The Morgan fingerprint density at radius 3 is 3.20 bits per heavy atom. The van der Waals surface area contributed by atoms with Gasteiger partial charge in [-0.1, -0.05) is 0 Å². The first kappa shape index (κ1) is 6.58. The molecule has 0 bridgehead atoms. The predicted octanol–water partition coefficient (Wildman–Crippen LogP) is -0.789. The maximum absolute atomic E-state index is 3.46. The molecule has 10 heavy (non-hydrogen) atoms. The summed E-state index contributed by atoms with van der Waals surface area (Å²) in [5, 5.41) is 6.88. The molecule has 1 unspecified atom stereocenters. The maximum atomic E-state index is 3.46. The van der Waals surface area contributed by atoms with E-state index in [1.807, 2.05) is 0 Å². The fraction of sp³-hybridized carbons (Fsp3) is 1.00. The summed E-state index contributed by atoms with van der Waals surface area (Å²) in [6.07, 6.45) is 1.93. The van der Waals surface area contributed by atoms with Crippen LogP contribution in [0.1, 0.15) is 6.42 Å². The van der Waals surface area contributed by atoms with Crippen LogP contribution in [0.2, 0.25) is 0 Å². The normalized spacial score (nSPS) is 35.4. The second-order valence-corrected chi connectivity index (χ2v) is 3.06. The second kappa shape index (κ2) is 2.86. The third-order valence-corrected chi connectivity index (χ3v) is 2.36. The van der Waals surface area contributed by atoms with Crippen molar-refractivity contribution in [1.82, 2.24) is 15.5 Å². The zero-order valence-electron chi connectivity index (χ0n) is 6.27. The molecule has 3 nitrogen and oxygen atoms in total. The Balaban J connectivity index is 1.95. The largest absolute Gasteiger partial charge is 0.314 e. The van der Waals surface area contributed by atoms with Gasteiger partial charge in [0.1, 0.15) is 0 Å². The first-order valence-corrected chi connectivity index (χ1v) is 4.15. The fourth-order valence-electron chi connectivity index (χ4n) is 1.77. The molecule has 0 radical (unpaired) electrons. The molecular weight excluding hydrogens is 126 g/mol. The predicted molar refractivity (Wildman–Crippen MR) is 40.9 cm³/mol. The molecule has 2 heterocycles. The van der Waals surface area contributed by atoms with Crippen LogP contribution in [-0.4, -0.2) is 43.8 Å². The van der Waals surface area contributed by atoms with Gasteiger partial charge in [-0.25, -0.2) is 0 Å². The first-order chi connectivity index (χ1) is 4.97. The number of fused-ring (bicyclic) bond motifs is 1. The first-order valence-electron chi connectivity index (χ1n) is 4.15. The van der Waals surface area contributed by atoms with Crippen LogP contribution < -0.4 is 10.6 Å². The van der Waals surface area contributed by atoms with Crippen molar-refractivity contribution in [3.8, 4) is 0 Å². The molecule has 0 amide bonds. The Bertz CT molecular complexity index is 103. The lowest BCUT2D eigenvalue weighted by molar-refractivity contribution is 0.258. The molecule has 0 aromatic carbocycles. The lowest BCUT2D eigenvalue weighted by Crippen LogP contribution is -2.41. The molecule has 2 saturated heterocycles. The van der Waals surface area contributed by atoms with E-state index in [-0.39, 0.29) is 0 Å². The molecule has 2 fully saturated rings. The second-order valence-electron chi connectivity index (χ2n) is 3.06. The third kappa shape index (κ3) is 1.17. The summed E-state index contributed by atoms with van der Waals surface area (Å²) in [5.74, 6) is 0. The van der Waals surface area contributed by atoms with Gasteiger partial charge in [0, 0.05) is 26.2 Å². The Morgan fingerprint density at radius 1 is 1.20 bits per heavy atom. The van der Waals surface area contributed by atoms with Crippen LogP contribution >= 0.6 is 0 Å². The van der Waals surface area contributed by atoms with Gasteiger partial charge in [-0.2, -0.15) is 0 Å². The zero-order chi connectivity index (χ0) is 6.81. The molecule has 0 spiro atoms. The molecule has 2 aliphatic heterocycles. The number of hydrogen-bond donors (Lipinski definition) is 2. The number of hydrogen-bond acceptors (Lipinski definition) is 3. The highest BCUT2D eigenvalue weighted by molar-refractivity contribution is 4.81. The molecule has 0 aromatic heterocycles. The minimum atomic E-state index is 0.627. The summed E-state index contributed by atoms with van der Waals surface area (Å²) < 4.78 is 0. The standard InChI is InChI=1S/C7H15N3/c1-2-8-6-7-9-3-5-10(7)4-1/h7-9H,1-6H2. The van der Waals surface area contributed by atoms with Gasteiger partial charge < -0.3 is 5.32 Å². The van der Waals surface area contributed by atoms with E-state index in [1.165, 1.54) is 32.6 Å². The van der Waals surface area contributed by atoms with Crippen LogP contribution in [0.5, 0.6) is 0 Å². The number of rotatable bonds is 0. The average Bonchev–Trinajstić information content (AvgIpc) is 2.28. The van der Waals surface area contributed by atoms with E-state index in [9.17, 15) is 0 Å². The Hall–Kier alpha value is -0.120. The number of nitrogens with zero attached hydrogens (tertiary/aromatic N) is 1. The molecule has 2 aliphatic rings. The Labute approximate surface area is 61.8 Å². The van der Waals surface area contributed by atoms with Gasteiger partial charge in [0.05, 0.1) is 6.17 Å². The molecular formula is C7H15N3. The molecule has 2 N–H and O–H groups in total. The van der Waals surface area contributed by atoms with E-state index >= 15 is 0 Å². The van der Waals surface area contributed by atoms with Gasteiger partial charge in [-0.15, -0.1) is 0 Å². The smallest absolute Gasteiger partial charge is 0.0726 e. The summed E-state index contributed by atoms with van der Waals surface area (Å²) in [6.45, 7) is 6.00.